The van der Waals surface area contributed by atoms with Crippen LogP contribution in [0.2, 0.25) is 5.02 Å². The molecule has 2 aliphatic rings. The van der Waals surface area contributed by atoms with E-state index in [1.807, 2.05) is 0 Å². The molecular weight excluding hydrogens is 604 g/mol. The number of hydrogen-bond acceptors (Lipinski definition) is 5. The third-order valence-electron chi connectivity index (χ3n) is 8.26. The number of halogens is 3. The van der Waals surface area contributed by atoms with Gasteiger partial charge in [-0.3, -0.25) is 19.7 Å². The molecule has 0 spiro atoms. The Labute approximate surface area is 264 Å². The number of benzene rings is 3. The Balaban J connectivity index is 1.56. The van der Waals surface area contributed by atoms with E-state index in [1.54, 1.807) is 36.1 Å². The molecule has 2 heterocycles. The first-order valence-electron chi connectivity index (χ1n) is 14.6. The number of hydrogen-bond donors (Lipinski definition) is 2. The van der Waals surface area contributed by atoms with E-state index in [0.29, 0.717) is 52.9 Å². The predicted molar refractivity (Wildman–Crippen MR) is 168 cm³/mol. The first-order chi connectivity index (χ1) is 21.5. The van der Waals surface area contributed by atoms with Crippen LogP contribution in [0.25, 0.3) is 16.7 Å². The van der Waals surface area contributed by atoms with Crippen molar-refractivity contribution in [2.75, 3.05) is 24.3 Å². The molecule has 2 atom stereocenters. The zero-order valence-corrected chi connectivity index (χ0v) is 25.8. The van der Waals surface area contributed by atoms with Crippen molar-refractivity contribution in [1.82, 2.24) is 4.90 Å². The minimum atomic E-state index is -0.756. The van der Waals surface area contributed by atoms with E-state index >= 15 is 8.78 Å². The number of rotatable bonds is 4. The number of carbonyl (C=O) groups excluding carboxylic acids is 4. The average Bonchev–Trinajstić information content (AvgIpc) is 3.00. The molecule has 0 aromatic heterocycles. The van der Waals surface area contributed by atoms with Gasteiger partial charge >= 0.3 is 6.09 Å². The first kappa shape index (κ1) is 31.8. The molecule has 3 aromatic carbocycles. The van der Waals surface area contributed by atoms with Crippen molar-refractivity contribution >= 4 is 52.2 Å². The second kappa shape index (κ2) is 13.2. The second-order valence-electron chi connectivity index (χ2n) is 11.3. The fourth-order valence-electron chi connectivity index (χ4n) is 5.93. The summed E-state index contributed by atoms with van der Waals surface area (Å²) in [7, 11) is 1.24. The van der Waals surface area contributed by atoms with Crippen LogP contribution in [0.1, 0.15) is 67.1 Å². The number of ketones is 1. The van der Waals surface area contributed by atoms with Crippen molar-refractivity contribution in [3.63, 3.8) is 0 Å². The van der Waals surface area contributed by atoms with Crippen LogP contribution in [-0.4, -0.2) is 42.2 Å². The lowest BCUT2D eigenvalue weighted by atomic mass is 9.89. The van der Waals surface area contributed by atoms with Gasteiger partial charge in [0, 0.05) is 40.9 Å². The summed E-state index contributed by atoms with van der Waals surface area (Å²) in [5.74, 6) is -2.67. The number of fused-ring (bicyclic) bond motifs is 4. The fraction of sp³-hybridized carbons (Fsp3) is 0.294. The van der Waals surface area contributed by atoms with Gasteiger partial charge in [-0.05, 0) is 85.4 Å². The lowest BCUT2D eigenvalue weighted by Crippen LogP contribution is -2.37. The monoisotopic (exact) mass is 635 g/mol. The molecule has 3 aromatic rings. The third-order valence-corrected chi connectivity index (χ3v) is 8.55. The molecule has 11 heteroatoms. The van der Waals surface area contributed by atoms with Crippen molar-refractivity contribution in [3.8, 4) is 11.1 Å². The molecule has 0 saturated carbocycles. The van der Waals surface area contributed by atoms with Crippen LogP contribution in [0, 0.1) is 17.6 Å². The van der Waals surface area contributed by atoms with E-state index < -0.39 is 29.7 Å². The Hall–Kier alpha value is -4.57. The first-order valence-corrected chi connectivity index (χ1v) is 15.0. The topological polar surface area (TPSA) is 105 Å². The zero-order valence-electron chi connectivity index (χ0n) is 25.0. The minimum Gasteiger partial charge on any atom is -0.453 e. The number of methoxy groups -OCH3 is 1. The van der Waals surface area contributed by atoms with Crippen LogP contribution in [-0.2, 0) is 14.3 Å². The largest absolute Gasteiger partial charge is 0.453 e. The number of ether oxygens (including phenoxy) is 1. The molecule has 234 valence electrons. The summed E-state index contributed by atoms with van der Waals surface area (Å²) in [6, 6.07) is 11.6. The second-order valence-corrected chi connectivity index (χ2v) is 11.7. The number of Topliss-reactive ketones (excluding diaryl/α,β-unsaturated/α-hetero) is 1. The molecule has 45 heavy (non-hydrogen) atoms. The van der Waals surface area contributed by atoms with Gasteiger partial charge in [-0.1, -0.05) is 31.0 Å². The van der Waals surface area contributed by atoms with E-state index in [1.165, 1.54) is 44.4 Å². The molecule has 5 rings (SSSR count). The van der Waals surface area contributed by atoms with Gasteiger partial charge in [0.05, 0.1) is 23.9 Å². The van der Waals surface area contributed by atoms with Crippen LogP contribution in [0.15, 0.2) is 54.6 Å². The maximum Gasteiger partial charge on any atom is 0.411 e. The van der Waals surface area contributed by atoms with Gasteiger partial charge in [0.25, 0.3) is 0 Å². The normalized spacial score (nSPS) is 18.5. The van der Waals surface area contributed by atoms with Crippen molar-refractivity contribution < 1.29 is 32.7 Å². The number of amides is 3. The number of carbonyl (C=O) groups is 4. The van der Waals surface area contributed by atoms with Crippen molar-refractivity contribution in [3.05, 3.63) is 88.0 Å². The Bertz CT molecular complexity index is 1740. The highest BCUT2D eigenvalue weighted by Gasteiger charge is 2.31. The minimum absolute atomic E-state index is 0.0206. The Morgan fingerprint density at radius 3 is 2.56 bits per heavy atom. The Morgan fingerprint density at radius 2 is 1.84 bits per heavy atom. The molecule has 0 unspecified atom stereocenters. The maximum absolute atomic E-state index is 15.3. The molecule has 0 fully saturated rings. The van der Waals surface area contributed by atoms with Crippen LogP contribution in [0.4, 0.5) is 25.0 Å². The highest BCUT2D eigenvalue weighted by Crippen LogP contribution is 2.39. The van der Waals surface area contributed by atoms with Crippen molar-refractivity contribution in [2.24, 2.45) is 5.92 Å². The average molecular weight is 636 g/mol. The molecule has 0 saturated heterocycles. The Kier molecular flexibility index (Phi) is 9.34. The highest BCUT2D eigenvalue weighted by atomic mass is 35.5. The molecule has 2 N–H and O–H groups in total. The summed E-state index contributed by atoms with van der Waals surface area (Å²) in [5.41, 5.74) is 2.83. The van der Waals surface area contributed by atoms with Crippen molar-refractivity contribution in [2.45, 2.75) is 45.6 Å². The SMILES string of the molecule is COC(=O)Nc1ccc2c(c1)NC(=O)[C@H](C)CCC[C@H](N1CCC(c3c(C(C)=O)ccc(Cl)c3F)=CC1=O)c1cc(F)cc-2c1. The molecule has 2 aliphatic heterocycles. The summed E-state index contributed by atoms with van der Waals surface area (Å²) in [6.45, 7) is 3.32. The van der Waals surface area contributed by atoms with Crippen molar-refractivity contribution in [1.29, 1.82) is 0 Å². The number of nitrogens with zero attached hydrogens (tertiary/aromatic N) is 1. The molecular formula is C34H32ClF2N3O5. The van der Waals surface area contributed by atoms with Crippen LogP contribution >= 0.6 is 11.6 Å². The lowest BCUT2D eigenvalue weighted by Gasteiger charge is -2.35. The number of nitrogens with one attached hydrogen (secondary N) is 2. The summed E-state index contributed by atoms with van der Waals surface area (Å²) in [6.07, 6.45) is 2.40. The molecule has 3 amide bonds. The van der Waals surface area contributed by atoms with Gasteiger partial charge in [0.2, 0.25) is 11.8 Å². The van der Waals surface area contributed by atoms with Gasteiger partial charge in [0.15, 0.2) is 5.78 Å². The molecule has 0 aliphatic carbocycles. The van der Waals surface area contributed by atoms with Gasteiger partial charge in [-0.2, -0.15) is 0 Å². The zero-order chi connectivity index (χ0) is 32.4. The van der Waals surface area contributed by atoms with E-state index in [-0.39, 0.29) is 46.7 Å². The van der Waals surface area contributed by atoms with E-state index in [2.05, 4.69) is 15.4 Å². The predicted octanol–water partition coefficient (Wildman–Crippen LogP) is 7.78. The lowest BCUT2D eigenvalue weighted by molar-refractivity contribution is -0.129. The van der Waals surface area contributed by atoms with E-state index in [9.17, 15) is 19.2 Å². The fourth-order valence-corrected chi connectivity index (χ4v) is 6.09. The maximum atomic E-state index is 15.3. The van der Waals surface area contributed by atoms with Crippen LogP contribution in [0.5, 0.6) is 0 Å². The molecule has 0 radical (unpaired) electrons. The summed E-state index contributed by atoms with van der Waals surface area (Å²) >= 11 is 6.03. The summed E-state index contributed by atoms with van der Waals surface area (Å²) in [4.78, 5) is 52.6. The van der Waals surface area contributed by atoms with Gasteiger partial charge in [0.1, 0.15) is 11.6 Å². The Morgan fingerprint density at radius 1 is 1.07 bits per heavy atom. The standard InChI is InChI=1S/C34H32ClF2N3O5/c1-18-5-4-6-29(40-12-11-20(16-30(40)42)31-25(19(2)41)9-10-27(35)32(31)37)22-13-21(14-23(36)15-22)26-8-7-24(38-34(44)45-3)17-28(26)39-33(18)43/h7-10,13-18,29H,4-6,11-12H2,1-3H3,(H,38,44)(H,39,43)/t18-,29+/m1/s1. The van der Waals surface area contributed by atoms with Gasteiger partial charge in [-0.15, -0.1) is 0 Å². The molecule has 8 nitrogen and oxygen atoms in total. The number of anilines is 2. The summed E-state index contributed by atoms with van der Waals surface area (Å²) in [5, 5.41) is 5.35. The van der Waals surface area contributed by atoms with E-state index in [4.69, 9.17) is 11.6 Å². The molecule has 2 bridgehead atoms. The third kappa shape index (κ3) is 6.76. The summed E-state index contributed by atoms with van der Waals surface area (Å²) < 4.78 is 35.1. The van der Waals surface area contributed by atoms with Crippen LogP contribution < -0.4 is 10.6 Å². The van der Waals surface area contributed by atoms with Gasteiger partial charge in [-0.25, -0.2) is 13.6 Å². The smallest absolute Gasteiger partial charge is 0.411 e. The van der Waals surface area contributed by atoms with E-state index in [0.717, 1.165) is 0 Å². The van der Waals surface area contributed by atoms with Crippen LogP contribution in [0.3, 0.4) is 0 Å². The highest BCUT2D eigenvalue weighted by molar-refractivity contribution is 6.31. The quantitative estimate of drug-likeness (QED) is 0.285. The van der Waals surface area contributed by atoms with Gasteiger partial charge < -0.3 is 15.0 Å².